The van der Waals surface area contributed by atoms with Crippen LogP contribution in [0.2, 0.25) is 0 Å². The maximum absolute atomic E-state index is 12.3. The van der Waals surface area contributed by atoms with Gasteiger partial charge in [0.15, 0.2) is 0 Å². The molecule has 4 heteroatoms. The molecule has 0 spiro atoms. The van der Waals surface area contributed by atoms with Crippen LogP contribution in [0.4, 0.5) is 0 Å². The molecule has 0 unspecified atom stereocenters. The first-order chi connectivity index (χ1) is 11.7. The maximum Gasteiger partial charge on any atom is 0.338 e. The lowest BCUT2D eigenvalue weighted by atomic mass is 9.96. The Morgan fingerprint density at radius 3 is 1.54 bits per heavy atom. The summed E-state index contributed by atoms with van der Waals surface area (Å²) in [7, 11) is 0. The highest BCUT2D eigenvalue weighted by molar-refractivity contribution is 6.15. The molecule has 0 amide bonds. The molecule has 122 valence electrons. The Morgan fingerprint density at radius 2 is 1.17 bits per heavy atom. The van der Waals surface area contributed by atoms with Crippen molar-refractivity contribution in [2.45, 2.75) is 13.8 Å². The molecule has 0 saturated carbocycles. The molecule has 0 aliphatic heterocycles. The van der Waals surface area contributed by atoms with E-state index in [1.54, 1.807) is 26.0 Å². The van der Waals surface area contributed by atoms with E-state index in [2.05, 4.69) is 0 Å². The molecule has 3 rings (SSSR count). The van der Waals surface area contributed by atoms with Crippen molar-refractivity contribution in [3.63, 3.8) is 0 Å². The zero-order valence-electron chi connectivity index (χ0n) is 13.7. The van der Waals surface area contributed by atoms with Crippen LogP contribution in [0.5, 0.6) is 0 Å². The number of esters is 2. The average Bonchev–Trinajstić information content (AvgIpc) is 2.59. The van der Waals surface area contributed by atoms with Crippen molar-refractivity contribution in [3.05, 3.63) is 59.7 Å². The molecule has 0 aromatic heterocycles. The van der Waals surface area contributed by atoms with Gasteiger partial charge in [-0.3, -0.25) is 0 Å². The Bertz CT molecular complexity index is 851. The van der Waals surface area contributed by atoms with Crippen LogP contribution >= 0.6 is 0 Å². The van der Waals surface area contributed by atoms with E-state index in [-0.39, 0.29) is 0 Å². The Balaban J connectivity index is 2.31. The van der Waals surface area contributed by atoms with Gasteiger partial charge >= 0.3 is 11.9 Å². The highest BCUT2D eigenvalue weighted by Crippen LogP contribution is 2.29. The van der Waals surface area contributed by atoms with Gasteiger partial charge < -0.3 is 9.47 Å². The molecule has 0 heterocycles. The van der Waals surface area contributed by atoms with E-state index in [1.165, 1.54) is 0 Å². The topological polar surface area (TPSA) is 52.6 Å². The van der Waals surface area contributed by atoms with Crippen molar-refractivity contribution in [2.24, 2.45) is 0 Å². The molecule has 0 aliphatic carbocycles. The SMILES string of the molecule is CCOC(=O)c1ccc(C(=O)OCC)c2cc3ccccc3cc12. The normalized spacial score (nSPS) is 10.8. The van der Waals surface area contributed by atoms with Crippen LogP contribution in [0.25, 0.3) is 21.5 Å². The smallest absolute Gasteiger partial charge is 0.338 e. The van der Waals surface area contributed by atoms with Gasteiger partial charge in [0.05, 0.1) is 24.3 Å². The first-order valence-corrected chi connectivity index (χ1v) is 7.95. The summed E-state index contributed by atoms with van der Waals surface area (Å²) in [6.07, 6.45) is 0. The number of rotatable bonds is 4. The second-order valence-corrected chi connectivity index (χ2v) is 5.35. The van der Waals surface area contributed by atoms with Gasteiger partial charge in [0.25, 0.3) is 0 Å². The molecule has 0 aliphatic rings. The Hall–Kier alpha value is -2.88. The Labute approximate surface area is 140 Å². The predicted molar refractivity (Wildman–Crippen MR) is 93.4 cm³/mol. The Morgan fingerprint density at radius 1 is 0.750 bits per heavy atom. The number of carbonyl (C=O) groups excluding carboxylic acids is 2. The van der Waals surface area contributed by atoms with Gasteiger partial charge in [-0.2, -0.15) is 0 Å². The molecule has 0 N–H and O–H groups in total. The summed E-state index contributed by atoms with van der Waals surface area (Å²) in [6.45, 7) is 4.13. The molecular weight excluding hydrogens is 304 g/mol. The van der Waals surface area contributed by atoms with Gasteiger partial charge in [-0.05, 0) is 59.7 Å². The molecule has 0 saturated heterocycles. The average molecular weight is 322 g/mol. The fourth-order valence-corrected chi connectivity index (χ4v) is 2.81. The molecular formula is C20H18O4. The largest absolute Gasteiger partial charge is 0.462 e. The number of benzene rings is 3. The van der Waals surface area contributed by atoms with Gasteiger partial charge in [0, 0.05) is 0 Å². The van der Waals surface area contributed by atoms with E-state index in [0.29, 0.717) is 35.1 Å². The lowest BCUT2D eigenvalue weighted by molar-refractivity contribution is 0.0515. The molecule has 0 atom stereocenters. The predicted octanol–water partition coefficient (Wildman–Crippen LogP) is 4.35. The fourth-order valence-electron chi connectivity index (χ4n) is 2.81. The molecule has 4 nitrogen and oxygen atoms in total. The monoisotopic (exact) mass is 322 g/mol. The lowest BCUT2D eigenvalue weighted by Gasteiger charge is -2.12. The molecule has 24 heavy (non-hydrogen) atoms. The zero-order chi connectivity index (χ0) is 17.1. The summed E-state index contributed by atoms with van der Waals surface area (Å²) in [4.78, 5) is 24.5. The minimum absolute atomic E-state index is 0.299. The highest BCUT2D eigenvalue weighted by Gasteiger charge is 2.18. The van der Waals surface area contributed by atoms with E-state index < -0.39 is 11.9 Å². The van der Waals surface area contributed by atoms with Gasteiger partial charge in [-0.25, -0.2) is 9.59 Å². The lowest BCUT2D eigenvalue weighted by Crippen LogP contribution is -2.09. The summed E-state index contributed by atoms with van der Waals surface area (Å²) in [5, 5.41) is 3.38. The van der Waals surface area contributed by atoms with Crippen LogP contribution < -0.4 is 0 Å². The van der Waals surface area contributed by atoms with Crippen molar-refractivity contribution in [3.8, 4) is 0 Å². The quantitative estimate of drug-likeness (QED) is 0.529. The van der Waals surface area contributed by atoms with Gasteiger partial charge in [-0.1, -0.05) is 24.3 Å². The molecule has 0 bridgehead atoms. The van der Waals surface area contributed by atoms with E-state index in [0.717, 1.165) is 10.8 Å². The van der Waals surface area contributed by atoms with E-state index in [1.807, 2.05) is 36.4 Å². The third kappa shape index (κ3) is 2.83. The standard InChI is InChI=1S/C20H18O4/c1-3-23-19(21)15-9-10-16(20(22)24-4-2)18-12-14-8-6-5-7-13(14)11-17(15)18/h5-12H,3-4H2,1-2H3. The van der Waals surface area contributed by atoms with Crippen LogP contribution in [0, 0.1) is 0 Å². The molecule has 3 aromatic carbocycles. The summed E-state index contributed by atoms with van der Waals surface area (Å²) >= 11 is 0. The highest BCUT2D eigenvalue weighted by atomic mass is 16.5. The van der Waals surface area contributed by atoms with Crippen LogP contribution in [-0.4, -0.2) is 25.2 Å². The second-order valence-electron chi connectivity index (χ2n) is 5.35. The van der Waals surface area contributed by atoms with Crippen molar-refractivity contribution in [1.29, 1.82) is 0 Å². The van der Waals surface area contributed by atoms with E-state index in [4.69, 9.17) is 9.47 Å². The van der Waals surface area contributed by atoms with Crippen molar-refractivity contribution in [1.82, 2.24) is 0 Å². The fraction of sp³-hybridized carbons (Fsp3) is 0.200. The number of carbonyl (C=O) groups is 2. The van der Waals surface area contributed by atoms with Crippen molar-refractivity contribution < 1.29 is 19.1 Å². The summed E-state index contributed by atoms with van der Waals surface area (Å²) in [5.74, 6) is -0.790. The number of ether oxygens (including phenoxy) is 2. The number of hydrogen-bond donors (Lipinski definition) is 0. The van der Waals surface area contributed by atoms with Gasteiger partial charge in [-0.15, -0.1) is 0 Å². The number of fused-ring (bicyclic) bond motifs is 2. The van der Waals surface area contributed by atoms with Crippen LogP contribution in [0.15, 0.2) is 48.5 Å². The summed E-state index contributed by atoms with van der Waals surface area (Å²) < 4.78 is 10.3. The van der Waals surface area contributed by atoms with E-state index >= 15 is 0 Å². The zero-order valence-corrected chi connectivity index (χ0v) is 13.7. The van der Waals surface area contributed by atoms with Crippen molar-refractivity contribution >= 4 is 33.5 Å². The molecule has 0 radical (unpaired) electrons. The summed E-state index contributed by atoms with van der Waals surface area (Å²) in [5.41, 5.74) is 0.899. The van der Waals surface area contributed by atoms with E-state index in [9.17, 15) is 9.59 Å². The molecule has 0 fully saturated rings. The minimum atomic E-state index is -0.395. The first-order valence-electron chi connectivity index (χ1n) is 7.95. The van der Waals surface area contributed by atoms with Crippen LogP contribution in [0.1, 0.15) is 34.6 Å². The second kappa shape index (κ2) is 6.71. The van der Waals surface area contributed by atoms with Crippen molar-refractivity contribution in [2.75, 3.05) is 13.2 Å². The Kier molecular flexibility index (Phi) is 4.47. The van der Waals surface area contributed by atoms with Gasteiger partial charge in [0.1, 0.15) is 0 Å². The number of hydrogen-bond acceptors (Lipinski definition) is 4. The maximum atomic E-state index is 12.3. The first kappa shape index (κ1) is 16.0. The van der Waals surface area contributed by atoms with Gasteiger partial charge in [0.2, 0.25) is 0 Å². The summed E-state index contributed by atoms with van der Waals surface area (Å²) in [6, 6.07) is 14.9. The third-order valence-electron chi connectivity index (χ3n) is 3.87. The minimum Gasteiger partial charge on any atom is -0.462 e. The molecule has 3 aromatic rings. The van der Waals surface area contributed by atoms with Crippen LogP contribution in [0.3, 0.4) is 0 Å². The van der Waals surface area contributed by atoms with Crippen LogP contribution in [-0.2, 0) is 9.47 Å². The third-order valence-corrected chi connectivity index (χ3v) is 3.87.